The van der Waals surface area contributed by atoms with Crippen molar-refractivity contribution in [2.45, 2.75) is 31.3 Å². The molecule has 1 saturated heterocycles. The lowest BCUT2D eigenvalue weighted by Crippen LogP contribution is -2.49. The number of methoxy groups -OCH3 is 1. The predicted octanol–water partition coefficient (Wildman–Crippen LogP) is 2.08. The van der Waals surface area contributed by atoms with Crippen LogP contribution in [0, 0.1) is 5.92 Å². The van der Waals surface area contributed by atoms with Crippen molar-refractivity contribution in [3.63, 3.8) is 0 Å². The van der Waals surface area contributed by atoms with Crippen LogP contribution < -0.4 is 15.4 Å². The second kappa shape index (κ2) is 7.82. The number of hydrogen-bond acceptors (Lipinski definition) is 5. The van der Waals surface area contributed by atoms with Gasteiger partial charge in [-0.25, -0.2) is 4.98 Å². The molecule has 1 aromatic rings. The van der Waals surface area contributed by atoms with Gasteiger partial charge in [-0.2, -0.15) is 0 Å². The quantitative estimate of drug-likeness (QED) is 0.891. The van der Waals surface area contributed by atoms with Crippen LogP contribution in [-0.4, -0.2) is 43.9 Å². The minimum absolute atomic E-state index is 0. The molecular formula is C15H24ClN3O2. The fourth-order valence-electron chi connectivity index (χ4n) is 3.31. The highest BCUT2D eigenvalue weighted by atomic mass is 35.5. The van der Waals surface area contributed by atoms with Crippen molar-refractivity contribution in [2.75, 3.05) is 32.2 Å². The maximum atomic E-state index is 5.60. The molecule has 0 aromatic carbocycles. The topological polar surface area (TPSA) is 55.4 Å². The Kier molecular flexibility index (Phi) is 6.08. The van der Waals surface area contributed by atoms with Crippen LogP contribution in [0.4, 0.5) is 5.69 Å². The molecule has 0 spiro atoms. The lowest BCUT2D eigenvalue weighted by molar-refractivity contribution is 0.0559. The predicted molar refractivity (Wildman–Crippen MR) is 85.4 cm³/mol. The van der Waals surface area contributed by atoms with Gasteiger partial charge in [0.15, 0.2) is 0 Å². The molecule has 5 nitrogen and oxygen atoms in total. The van der Waals surface area contributed by atoms with Gasteiger partial charge in [-0.1, -0.05) is 6.42 Å². The van der Waals surface area contributed by atoms with Crippen LogP contribution in [0.15, 0.2) is 18.3 Å². The van der Waals surface area contributed by atoms with Crippen LogP contribution >= 0.6 is 12.4 Å². The van der Waals surface area contributed by atoms with Crippen molar-refractivity contribution in [3.05, 3.63) is 18.3 Å². The number of anilines is 1. The SMILES string of the molecule is COc1ccc(NC2CCCC2C2COCCN2)cn1.Cl. The second-order valence-electron chi connectivity index (χ2n) is 5.57. The molecule has 6 heteroatoms. The van der Waals surface area contributed by atoms with Gasteiger partial charge in [0.25, 0.3) is 0 Å². The molecule has 3 unspecified atom stereocenters. The van der Waals surface area contributed by atoms with E-state index in [9.17, 15) is 0 Å². The zero-order valence-electron chi connectivity index (χ0n) is 12.4. The van der Waals surface area contributed by atoms with Gasteiger partial charge < -0.3 is 20.1 Å². The molecule has 0 radical (unpaired) electrons. The van der Waals surface area contributed by atoms with E-state index in [0.29, 0.717) is 23.9 Å². The number of morpholine rings is 1. The number of aromatic nitrogens is 1. The smallest absolute Gasteiger partial charge is 0.213 e. The van der Waals surface area contributed by atoms with E-state index >= 15 is 0 Å². The van der Waals surface area contributed by atoms with Crippen LogP contribution in [0.2, 0.25) is 0 Å². The molecule has 3 atom stereocenters. The Morgan fingerprint density at radius 3 is 2.95 bits per heavy atom. The Hall–Kier alpha value is -1.04. The van der Waals surface area contributed by atoms with Crippen LogP contribution in [0.5, 0.6) is 5.88 Å². The van der Waals surface area contributed by atoms with Crippen LogP contribution in [0.25, 0.3) is 0 Å². The van der Waals surface area contributed by atoms with E-state index in [0.717, 1.165) is 25.4 Å². The summed E-state index contributed by atoms with van der Waals surface area (Å²) in [5, 5.41) is 7.22. The Bertz CT molecular complexity index is 423. The summed E-state index contributed by atoms with van der Waals surface area (Å²) in [4.78, 5) is 4.25. The lowest BCUT2D eigenvalue weighted by atomic mass is 9.94. The van der Waals surface area contributed by atoms with E-state index in [4.69, 9.17) is 9.47 Å². The molecule has 118 valence electrons. The number of pyridine rings is 1. The van der Waals surface area contributed by atoms with Crippen molar-refractivity contribution < 1.29 is 9.47 Å². The van der Waals surface area contributed by atoms with E-state index in [-0.39, 0.29) is 12.4 Å². The Labute approximate surface area is 132 Å². The average Bonchev–Trinajstić information content (AvgIpc) is 2.97. The molecule has 21 heavy (non-hydrogen) atoms. The monoisotopic (exact) mass is 313 g/mol. The average molecular weight is 314 g/mol. The van der Waals surface area contributed by atoms with Gasteiger partial charge in [-0.3, -0.25) is 0 Å². The standard InChI is InChI=1S/C15H23N3O2.ClH/c1-19-15-6-5-11(9-17-15)18-13-4-2-3-12(13)14-10-20-8-7-16-14;/h5-6,9,12-14,16,18H,2-4,7-8,10H2,1H3;1H. The van der Waals surface area contributed by atoms with E-state index in [1.807, 2.05) is 18.3 Å². The summed E-state index contributed by atoms with van der Waals surface area (Å²) < 4.78 is 10.7. The fourth-order valence-corrected chi connectivity index (χ4v) is 3.31. The zero-order valence-corrected chi connectivity index (χ0v) is 13.2. The fraction of sp³-hybridized carbons (Fsp3) is 0.667. The summed E-state index contributed by atoms with van der Waals surface area (Å²) in [6.45, 7) is 2.64. The van der Waals surface area contributed by atoms with E-state index in [1.165, 1.54) is 19.3 Å². The first kappa shape index (κ1) is 16.3. The minimum atomic E-state index is 0. The van der Waals surface area contributed by atoms with Gasteiger partial charge in [0.2, 0.25) is 5.88 Å². The van der Waals surface area contributed by atoms with Gasteiger partial charge in [0.05, 0.1) is 32.2 Å². The van der Waals surface area contributed by atoms with Crippen molar-refractivity contribution in [3.8, 4) is 5.88 Å². The Morgan fingerprint density at radius 2 is 2.29 bits per heavy atom. The van der Waals surface area contributed by atoms with Gasteiger partial charge in [-0.15, -0.1) is 12.4 Å². The summed E-state index contributed by atoms with van der Waals surface area (Å²) in [5.74, 6) is 1.29. The summed E-state index contributed by atoms with van der Waals surface area (Å²) >= 11 is 0. The van der Waals surface area contributed by atoms with Crippen LogP contribution in [0.3, 0.4) is 0 Å². The Balaban J connectivity index is 0.00000161. The maximum Gasteiger partial charge on any atom is 0.213 e. The molecule has 1 aliphatic carbocycles. The third-order valence-corrected chi connectivity index (χ3v) is 4.33. The van der Waals surface area contributed by atoms with Crippen LogP contribution in [-0.2, 0) is 4.74 Å². The number of rotatable bonds is 4. The molecule has 0 amide bonds. The molecular weight excluding hydrogens is 290 g/mol. The van der Waals surface area contributed by atoms with Crippen molar-refractivity contribution >= 4 is 18.1 Å². The van der Waals surface area contributed by atoms with Gasteiger partial charge in [0.1, 0.15) is 0 Å². The first-order valence-electron chi connectivity index (χ1n) is 7.44. The number of ether oxygens (including phenoxy) is 2. The molecule has 1 aliphatic heterocycles. The molecule has 2 N–H and O–H groups in total. The number of nitrogens with one attached hydrogen (secondary N) is 2. The zero-order chi connectivity index (χ0) is 13.8. The number of hydrogen-bond donors (Lipinski definition) is 2. The number of halogens is 1. The summed E-state index contributed by atoms with van der Waals surface area (Å²) in [6, 6.07) is 4.92. The second-order valence-corrected chi connectivity index (χ2v) is 5.57. The van der Waals surface area contributed by atoms with Gasteiger partial charge in [0, 0.05) is 24.7 Å². The number of nitrogens with zero attached hydrogens (tertiary/aromatic N) is 1. The van der Waals surface area contributed by atoms with Crippen molar-refractivity contribution in [1.82, 2.24) is 10.3 Å². The normalized spacial score (nSPS) is 28.7. The maximum absolute atomic E-state index is 5.60. The largest absolute Gasteiger partial charge is 0.481 e. The molecule has 2 heterocycles. The highest BCUT2D eigenvalue weighted by molar-refractivity contribution is 5.85. The molecule has 0 bridgehead atoms. The van der Waals surface area contributed by atoms with Gasteiger partial charge in [-0.05, 0) is 24.8 Å². The lowest BCUT2D eigenvalue weighted by Gasteiger charge is -2.33. The highest BCUT2D eigenvalue weighted by Gasteiger charge is 2.34. The Morgan fingerprint density at radius 1 is 1.38 bits per heavy atom. The van der Waals surface area contributed by atoms with E-state index in [1.54, 1.807) is 7.11 Å². The van der Waals surface area contributed by atoms with Crippen molar-refractivity contribution in [2.24, 2.45) is 5.92 Å². The van der Waals surface area contributed by atoms with Crippen LogP contribution in [0.1, 0.15) is 19.3 Å². The molecule has 1 aromatic heterocycles. The van der Waals surface area contributed by atoms with E-state index < -0.39 is 0 Å². The minimum Gasteiger partial charge on any atom is -0.481 e. The van der Waals surface area contributed by atoms with Crippen molar-refractivity contribution in [1.29, 1.82) is 0 Å². The first-order chi connectivity index (χ1) is 9.86. The van der Waals surface area contributed by atoms with Gasteiger partial charge >= 0.3 is 0 Å². The molecule has 2 fully saturated rings. The third-order valence-electron chi connectivity index (χ3n) is 4.33. The van der Waals surface area contributed by atoms with E-state index in [2.05, 4.69) is 15.6 Å². The third kappa shape index (κ3) is 3.99. The molecule has 3 rings (SSSR count). The molecule has 1 saturated carbocycles. The summed E-state index contributed by atoms with van der Waals surface area (Å²) in [6.07, 6.45) is 5.61. The molecule has 2 aliphatic rings. The first-order valence-corrected chi connectivity index (χ1v) is 7.44. The summed E-state index contributed by atoms with van der Waals surface area (Å²) in [7, 11) is 1.64. The summed E-state index contributed by atoms with van der Waals surface area (Å²) in [5.41, 5.74) is 1.07. The highest BCUT2D eigenvalue weighted by Crippen LogP contribution is 2.31.